The van der Waals surface area contributed by atoms with Crippen LogP contribution < -0.4 is 11.1 Å². The molecule has 0 amide bonds. The Bertz CT molecular complexity index is 450. The summed E-state index contributed by atoms with van der Waals surface area (Å²) in [6.07, 6.45) is -7.31. The minimum absolute atomic E-state index is 0.0324. The van der Waals surface area contributed by atoms with Gasteiger partial charge in [-0.15, -0.1) is 0 Å². The van der Waals surface area contributed by atoms with E-state index in [1.165, 1.54) is 6.07 Å². The van der Waals surface area contributed by atoms with Crippen molar-refractivity contribution in [1.29, 1.82) is 0 Å². The Morgan fingerprint density at radius 3 is 2.56 bits per heavy atom. The van der Waals surface area contributed by atoms with Gasteiger partial charge in [-0.25, -0.2) is 0 Å². The summed E-state index contributed by atoms with van der Waals surface area (Å²) in [4.78, 5) is 9.78. The Balaban J connectivity index is 2.77. The molecular formula is C9H10F3N3O3. The average molecular weight is 265 g/mol. The number of aliphatic hydroxyl groups excluding tert-OH is 1. The summed E-state index contributed by atoms with van der Waals surface area (Å²) < 4.78 is 36.0. The maximum atomic E-state index is 12.0. The molecular weight excluding hydrogens is 255 g/mol. The molecule has 1 aromatic carbocycles. The number of anilines is 2. The molecule has 1 unspecified atom stereocenters. The molecule has 100 valence electrons. The second-order valence-corrected chi connectivity index (χ2v) is 3.51. The molecule has 0 fully saturated rings. The number of nitrogens with two attached hydrogens (primary N) is 1. The predicted octanol–water partition coefficient (Wildman–Crippen LogP) is 1.51. The number of hydrogen-bond donors (Lipinski definition) is 3. The zero-order chi connectivity index (χ0) is 13.9. The van der Waals surface area contributed by atoms with Crippen molar-refractivity contribution in [2.24, 2.45) is 0 Å². The van der Waals surface area contributed by atoms with Crippen molar-refractivity contribution < 1.29 is 23.2 Å². The molecule has 18 heavy (non-hydrogen) atoms. The third kappa shape index (κ3) is 3.77. The second-order valence-electron chi connectivity index (χ2n) is 3.51. The number of nitrogens with zero attached hydrogens (tertiary/aromatic N) is 1. The minimum Gasteiger partial charge on any atom is -0.398 e. The fourth-order valence-electron chi connectivity index (χ4n) is 1.17. The lowest BCUT2D eigenvalue weighted by Gasteiger charge is -2.15. The molecule has 1 rings (SSSR count). The summed E-state index contributed by atoms with van der Waals surface area (Å²) in [5, 5.41) is 21.5. The molecule has 0 aliphatic heterocycles. The molecule has 0 aliphatic carbocycles. The topological polar surface area (TPSA) is 101 Å². The van der Waals surface area contributed by atoms with Crippen molar-refractivity contribution >= 4 is 17.1 Å². The van der Waals surface area contributed by atoms with E-state index >= 15 is 0 Å². The van der Waals surface area contributed by atoms with Crippen LogP contribution in [-0.2, 0) is 0 Å². The van der Waals surface area contributed by atoms with E-state index in [0.29, 0.717) is 0 Å². The van der Waals surface area contributed by atoms with Gasteiger partial charge in [0.05, 0.1) is 4.92 Å². The fourth-order valence-corrected chi connectivity index (χ4v) is 1.17. The van der Waals surface area contributed by atoms with Crippen molar-refractivity contribution in [3.8, 4) is 0 Å². The van der Waals surface area contributed by atoms with Crippen LogP contribution in [0.3, 0.4) is 0 Å². The van der Waals surface area contributed by atoms with E-state index in [1.54, 1.807) is 0 Å². The molecule has 0 heterocycles. The second kappa shape index (κ2) is 5.08. The molecule has 0 saturated heterocycles. The van der Waals surface area contributed by atoms with E-state index in [0.717, 1.165) is 12.1 Å². The SMILES string of the molecule is Nc1cc(NCC(O)C(F)(F)F)cc([N+](=O)[O-])c1. The Hall–Kier alpha value is -2.03. The number of nitro groups is 1. The van der Waals surface area contributed by atoms with Crippen LogP contribution in [0.5, 0.6) is 0 Å². The number of nitrogen functional groups attached to an aromatic ring is 1. The number of nitro benzene ring substituents is 1. The highest BCUT2D eigenvalue weighted by Gasteiger charge is 2.37. The number of non-ortho nitro benzene ring substituents is 1. The maximum Gasteiger partial charge on any atom is 0.416 e. The maximum absolute atomic E-state index is 12.0. The van der Waals surface area contributed by atoms with Crippen molar-refractivity contribution in [2.45, 2.75) is 12.3 Å². The summed E-state index contributed by atoms with van der Waals surface area (Å²) >= 11 is 0. The monoisotopic (exact) mass is 265 g/mol. The third-order valence-electron chi connectivity index (χ3n) is 2.03. The molecule has 0 radical (unpaired) electrons. The molecule has 9 heteroatoms. The molecule has 0 aromatic heterocycles. The molecule has 4 N–H and O–H groups in total. The lowest BCUT2D eigenvalue weighted by atomic mass is 10.2. The molecule has 1 atom stereocenters. The summed E-state index contributed by atoms with van der Waals surface area (Å²) in [6, 6.07) is 3.33. The van der Waals surface area contributed by atoms with Gasteiger partial charge in [0.15, 0.2) is 6.10 Å². The highest BCUT2D eigenvalue weighted by Crippen LogP contribution is 2.24. The van der Waals surface area contributed by atoms with E-state index in [2.05, 4.69) is 5.32 Å². The summed E-state index contributed by atoms with van der Waals surface area (Å²) in [6.45, 7) is -0.815. The minimum atomic E-state index is -4.75. The highest BCUT2D eigenvalue weighted by atomic mass is 19.4. The number of benzene rings is 1. The lowest BCUT2D eigenvalue weighted by Crippen LogP contribution is -2.35. The first-order valence-corrected chi connectivity index (χ1v) is 4.74. The Morgan fingerprint density at radius 1 is 1.44 bits per heavy atom. The van der Waals surface area contributed by atoms with Gasteiger partial charge >= 0.3 is 6.18 Å². The zero-order valence-electron chi connectivity index (χ0n) is 8.94. The Kier molecular flexibility index (Phi) is 3.96. The number of halogens is 3. The van der Waals surface area contributed by atoms with Crippen molar-refractivity contribution in [3.63, 3.8) is 0 Å². The molecule has 6 nitrogen and oxygen atoms in total. The van der Waals surface area contributed by atoms with E-state index in [-0.39, 0.29) is 17.1 Å². The van der Waals surface area contributed by atoms with Crippen LogP contribution in [0.2, 0.25) is 0 Å². The first-order chi connectivity index (χ1) is 8.20. The highest BCUT2D eigenvalue weighted by molar-refractivity contribution is 5.61. The number of hydrogen-bond acceptors (Lipinski definition) is 5. The summed E-state index contributed by atoms with van der Waals surface area (Å²) in [7, 11) is 0. The first-order valence-electron chi connectivity index (χ1n) is 4.74. The lowest BCUT2D eigenvalue weighted by molar-refractivity contribution is -0.384. The van der Waals surface area contributed by atoms with Gasteiger partial charge in [0, 0.05) is 30.1 Å². The van der Waals surface area contributed by atoms with E-state index in [1.807, 2.05) is 0 Å². The van der Waals surface area contributed by atoms with E-state index < -0.39 is 23.7 Å². The van der Waals surface area contributed by atoms with Gasteiger partial charge in [-0.05, 0) is 6.07 Å². The third-order valence-corrected chi connectivity index (χ3v) is 2.03. The van der Waals surface area contributed by atoms with Crippen molar-refractivity contribution in [2.75, 3.05) is 17.6 Å². The number of rotatable bonds is 4. The average Bonchev–Trinajstić information content (AvgIpc) is 2.23. The zero-order valence-corrected chi connectivity index (χ0v) is 8.94. The molecule has 0 bridgehead atoms. The van der Waals surface area contributed by atoms with Gasteiger partial charge in [0.25, 0.3) is 5.69 Å². The van der Waals surface area contributed by atoms with Crippen LogP contribution in [0.25, 0.3) is 0 Å². The molecule has 0 aliphatic rings. The van der Waals surface area contributed by atoms with Crippen molar-refractivity contribution in [3.05, 3.63) is 28.3 Å². The van der Waals surface area contributed by atoms with Crippen molar-refractivity contribution in [1.82, 2.24) is 0 Å². The number of nitrogens with one attached hydrogen (secondary N) is 1. The van der Waals surface area contributed by atoms with Crippen LogP contribution in [0.4, 0.5) is 30.2 Å². The van der Waals surface area contributed by atoms with Gasteiger partial charge in [0.1, 0.15) is 0 Å². The van der Waals surface area contributed by atoms with Crippen LogP contribution >= 0.6 is 0 Å². The number of aliphatic hydroxyl groups is 1. The standard InChI is InChI=1S/C9H10F3N3O3/c10-9(11,12)8(16)4-14-6-1-5(13)2-7(3-6)15(17)18/h1-3,8,14,16H,4,13H2. The predicted molar refractivity (Wildman–Crippen MR) is 58.1 cm³/mol. The van der Waals surface area contributed by atoms with Gasteiger partial charge in [-0.1, -0.05) is 0 Å². The Morgan fingerprint density at radius 2 is 2.06 bits per heavy atom. The van der Waals surface area contributed by atoms with Gasteiger partial charge in [-0.2, -0.15) is 13.2 Å². The summed E-state index contributed by atoms with van der Waals surface area (Å²) in [5.74, 6) is 0. The normalized spacial score (nSPS) is 13.1. The van der Waals surface area contributed by atoms with Gasteiger partial charge in [-0.3, -0.25) is 10.1 Å². The summed E-state index contributed by atoms with van der Waals surface area (Å²) in [5.41, 5.74) is 5.08. The van der Waals surface area contributed by atoms with E-state index in [4.69, 9.17) is 10.8 Å². The van der Waals surface area contributed by atoms with Crippen LogP contribution in [0.1, 0.15) is 0 Å². The fraction of sp³-hybridized carbons (Fsp3) is 0.333. The first kappa shape index (κ1) is 14.0. The van der Waals surface area contributed by atoms with Gasteiger partial charge < -0.3 is 16.2 Å². The van der Waals surface area contributed by atoms with Crippen LogP contribution in [-0.4, -0.2) is 28.9 Å². The van der Waals surface area contributed by atoms with E-state index in [9.17, 15) is 23.3 Å². The van der Waals surface area contributed by atoms with Crippen LogP contribution in [0, 0.1) is 10.1 Å². The van der Waals surface area contributed by atoms with Gasteiger partial charge in [0.2, 0.25) is 0 Å². The molecule has 0 spiro atoms. The molecule has 0 saturated carbocycles. The molecule has 1 aromatic rings. The largest absolute Gasteiger partial charge is 0.416 e. The number of alkyl halides is 3. The quantitative estimate of drug-likeness (QED) is 0.435. The van der Waals surface area contributed by atoms with Crippen LogP contribution in [0.15, 0.2) is 18.2 Å². The Labute approximate surface area is 99.4 Å². The smallest absolute Gasteiger partial charge is 0.398 e.